The standard InChI is InChI=1S/C11H21N3O2/c1-2-6-13-10(15)3-4-11(16)14-7-5-9(12)8-14/h9H,2-8,12H2,1H3,(H,13,15)/t9-/m1/s1. The average molecular weight is 227 g/mol. The molecule has 1 heterocycles. The van der Waals surface area contributed by atoms with Gasteiger partial charge in [-0.15, -0.1) is 0 Å². The fourth-order valence-electron chi connectivity index (χ4n) is 1.75. The lowest BCUT2D eigenvalue weighted by Gasteiger charge is -2.15. The van der Waals surface area contributed by atoms with Crippen LogP contribution < -0.4 is 11.1 Å². The van der Waals surface area contributed by atoms with E-state index in [0.29, 0.717) is 19.5 Å². The van der Waals surface area contributed by atoms with Gasteiger partial charge in [0.1, 0.15) is 0 Å². The number of hydrogen-bond acceptors (Lipinski definition) is 3. The van der Waals surface area contributed by atoms with Crippen molar-refractivity contribution >= 4 is 11.8 Å². The maximum Gasteiger partial charge on any atom is 0.223 e. The lowest BCUT2D eigenvalue weighted by atomic mass is 10.2. The molecule has 0 spiro atoms. The molecule has 1 aliphatic rings. The minimum absolute atomic E-state index is 0.0413. The summed E-state index contributed by atoms with van der Waals surface area (Å²) >= 11 is 0. The topological polar surface area (TPSA) is 75.4 Å². The van der Waals surface area contributed by atoms with Gasteiger partial charge >= 0.3 is 0 Å². The monoisotopic (exact) mass is 227 g/mol. The molecule has 1 atom stereocenters. The summed E-state index contributed by atoms with van der Waals surface area (Å²) in [7, 11) is 0. The third-order valence-electron chi connectivity index (χ3n) is 2.72. The normalized spacial score (nSPS) is 19.9. The molecule has 2 amide bonds. The van der Waals surface area contributed by atoms with E-state index in [-0.39, 0.29) is 24.3 Å². The summed E-state index contributed by atoms with van der Waals surface area (Å²) in [6.45, 7) is 4.05. The number of carbonyl (C=O) groups excluding carboxylic acids is 2. The van der Waals surface area contributed by atoms with Crippen molar-refractivity contribution in [2.45, 2.75) is 38.6 Å². The van der Waals surface area contributed by atoms with Gasteiger partial charge in [-0.25, -0.2) is 0 Å². The molecular weight excluding hydrogens is 206 g/mol. The van der Waals surface area contributed by atoms with Crippen LogP contribution in [0.5, 0.6) is 0 Å². The zero-order valence-corrected chi connectivity index (χ0v) is 9.87. The molecule has 0 bridgehead atoms. The summed E-state index contributed by atoms with van der Waals surface area (Å²) in [6, 6.07) is 0.109. The van der Waals surface area contributed by atoms with Crippen LogP contribution in [0.1, 0.15) is 32.6 Å². The molecule has 0 aromatic rings. The average Bonchev–Trinajstić information content (AvgIpc) is 2.69. The van der Waals surface area contributed by atoms with Gasteiger partial charge in [-0.3, -0.25) is 9.59 Å². The second-order valence-corrected chi connectivity index (χ2v) is 4.24. The van der Waals surface area contributed by atoms with Crippen molar-refractivity contribution in [1.82, 2.24) is 10.2 Å². The molecule has 1 fully saturated rings. The van der Waals surface area contributed by atoms with Crippen LogP contribution >= 0.6 is 0 Å². The molecule has 0 radical (unpaired) electrons. The van der Waals surface area contributed by atoms with Gasteiger partial charge in [0.2, 0.25) is 11.8 Å². The number of carbonyl (C=O) groups is 2. The molecule has 3 N–H and O–H groups in total. The van der Waals surface area contributed by atoms with Gasteiger partial charge in [-0.05, 0) is 12.8 Å². The van der Waals surface area contributed by atoms with Crippen LogP contribution in [0.2, 0.25) is 0 Å². The van der Waals surface area contributed by atoms with Crippen molar-refractivity contribution in [2.75, 3.05) is 19.6 Å². The molecule has 1 rings (SSSR count). The van der Waals surface area contributed by atoms with Crippen molar-refractivity contribution in [3.05, 3.63) is 0 Å². The summed E-state index contributed by atoms with van der Waals surface area (Å²) < 4.78 is 0. The second-order valence-electron chi connectivity index (χ2n) is 4.24. The minimum Gasteiger partial charge on any atom is -0.356 e. The molecule has 1 saturated heterocycles. The molecule has 0 unspecified atom stereocenters. The van der Waals surface area contributed by atoms with E-state index in [9.17, 15) is 9.59 Å². The highest BCUT2D eigenvalue weighted by molar-refractivity contribution is 5.83. The Labute approximate surface area is 96.4 Å². The molecule has 0 saturated carbocycles. The smallest absolute Gasteiger partial charge is 0.223 e. The van der Waals surface area contributed by atoms with E-state index in [1.807, 2.05) is 6.92 Å². The van der Waals surface area contributed by atoms with E-state index < -0.39 is 0 Å². The molecule has 0 aromatic carbocycles. The van der Waals surface area contributed by atoms with Crippen LogP contribution in [-0.2, 0) is 9.59 Å². The van der Waals surface area contributed by atoms with E-state index >= 15 is 0 Å². The summed E-state index contributed by atoms with van der Waals surface area (Å²) in [6.07, 6.45) is 2.36. The lowest BCUT2D eigenvalue weighted by molar-refractivity contribution is -0.132. The van der Waals surface area contributed by atoms with Crippen molar-refractivity contribution in [3.63, 3.8) is 0 Å². The zero-order valence-electron chi connectivity index (χ0n) is 9.87. The van der Waals surface area contributed by atoms with Crippen molar-refractivity contribution in [3.8, 4) is 0 Å². The summed E-state index contributed by atoms with van der Waals surface area (Å²) in [5.74, 6) is -0.00158. The van der Waals surface area contributed by atoms with Crippen LogP contribution in [0.25, 0.3) is 0 Å². The Morgan fingerprint density at radius 1 is 1.44 bits per heavy atom. The number of amides is 2. The van der Waals surface area contributed by atoms with E-state index in [1.165, 1.54) is 0 Å². The van der Waals surface area contributed by atoms with Crippen LogP contribution in [0.4, 0.5) is 0 Å². The van der Waals surface area contributed by atoms with Crippen LogP contribution in [0.15, 0.2) is 0 Å². The van der Waals surface area contributed by atoms with Crippen LogP contribution in [-0.4, -0.2) is 42.4 Å². The highest BCUT2D eigenvalue weighted by Crippen LogP contribution is 2.09. The molecule has 5 nitrogen and oxygen atoms in total. The van der Waals surface area contributed by atoms with E-state index in [1.54, 1.807) is 4.90 Å². The van der Waals surface area contributed by atoms with Crippen molar-refractivity contribution in [1.29, 1.82) is 0 Å². The Morgan fingerprint density at radius 3 is 2.75 bits per heavy atom. The van der Waals surface area contributed by atoms with Gasteiger partial charge < -0.3 is 16.0 Å². The number of hydrogen-bond donors (Lipinski definition) is 2. The molecule has 0 aromatic heterocycles. The molecular formula is C11H21N3O2. The number of nitrogens with zero attached hydrogens (tertiary/aromatic N) is 1. The zero-order chi connectivity index (χ0) is 12.0. The maximum absolute atomic E-state index is 11.7. The number of rotatable bonds is 5. The van der Waals surface area contributed by atoms with Gasteiger partial charge in [-0.2, -0.15) is 0 Å². The Morgan fingerprint density at radius 2 is 2.19 bits per heavy atom. The predicted octanol–water partition coefficient (Wildman–Crippen LogP) is -0.148. The number of nitrogens with two attached hydrogens (primary N) is 1. The Balaban J connectivity index is 2.17. The highest BCUT2D eigenvalue weighted by atomic mass is 16.2. The first-order chi connectivity index (χ1) is 7.63. The minimum atomic E-state index is -0.0429. The first-order valence-electron chi connectivity index (χ1n) is 5.93. The summed E-state index contributed by atoms with van der Waals surface area (Å²) in [4.78, 5) is 24.7. The predicted molar refractivity (Wildman–Crippen MR) is 61.7 cm³/mol. The highest BCUT2D eigenvalue weighted by Gasteiger charge is 2.23. The first-order valence-corrected chi connectivity index (χ1v) is 5.93. The maximum atomic E-state index is 11.7. The van der Waals surface area contributed by atoms with Crippen LogP contribution in [0, 0.1) is 0 Å². The molecule has 5 heteroatoms. The van der Waals surface area contributed by atoms with Gasteiger partial charge in [0.25, 0.3) is 0 Å². The lowest BCUT2D eigenvalue weighted by Crippen LogP contribution is -2.33. The summed E-state index contributed by atoms with van der Waals surface area (Å²) in [5, 5.41) is 2.75. The number of nitrogens with one attached hydrogen (secondary N) is 1. The first kappa shape index (κ1) is 13.0. The number of likely N-dealkylation sites (tertiary alicyclic amines) is 1. The molecule has 1 aliphatic heterocycles. The fourth-order valence-corrected chi connectivity index (χ4v) is 1.75. The Kier molecular flexibility index (Phi) is 5.25. The van der Waals surface area contributed by atoms with Crippen molar-refractivity contribution < 1.29 is 9.59 Å². The third kappa shape index (κ3) is 4.18. The fraction of sp³-hybridized carbons (Fsp3) is 0.818. The Hall–Kier alpha value is -1.10. The van der Waals surface area contributed by atoms with Gasteiger partial charge in [0.05, 0.1) is 0 Å². The van der Waals surface area contributed by atoms with Crippen molar-refractivity contribution in [2.24, 2.45) is 5.73 Å². The largest absolute Gasteiger partial charge is 0.356 e. The van der Waals surface area contributed by atoms with E-state index in [2.05, 4.69) is 5.32 Å². The molecule has 92 valence electrons. The second kappa shape index (κ2) is 6.48. The van der Waals surface area contributed by atoms with Crippen LogP contribution in [0.3, 0.4) is 0 Å². The SMILES string of the molecule is CCCNC(=O)CCC(=O)N1CC[C@@H](N)C1. The van der Waals surface area contributed by atoms with E-state index in [4.69, 9.17) is 5.73 Å². The molecule has 0 aliphatic carbocycles. The van der Waals surface area contributed by atoms with Gasteiger partial charge in [0.15, 0.2) is 0 Å². The summed E-state index contributed by atoms with van der Waals surface area (Å²) in [5.41, 5.74) is 5.71. The van der Waals surface area contributed by atoms with Gasteiger partial charge in [-0.1, -0.05) is 6.92 Å². The van der Waals surface area contributed by atoms with E-state index in [0.717, 1.165) is 19.4 Å². The van der Waals surface area contributed by atoms with Gasteiger partial charge in [0, 0.05) is 38.5 Å². The quantitative estimate of drug-likeness (QED) is 0.686. The molecule has 16 heavy (non-hydrogen) atoms. The Bertz CT molecular complexity index is 256. The third-order valence-corrected chi connectivity index (χ3v) is 2.72.